The SMILES string of the molecule is COc1ccc(C23Oc4cc5c(c(OC)c4C(O)(C(c4ccccc4)C2C(=O)N2CCCC2NC(=O)C(C)C)C3O)OCO5)cc1. The lowest BCUT2D eigenvalue weighted by atomic mass is 9.74. The molecule has 3 aromatic carbocycles. The second-order valence-electron chi connectivity index (χ2n) is 12.6. The number of rotatable bonds is 7. The van der Waals surface area contributed by atoms with E-state index in [1.54, 1.807) is 56.2 Å². The summed E-state index contributed by atoms with van der Waals surface area (Å²) < 4.78 is 29.6. The molecule has 11 heteroatoms. The maximum Gasteiger partial charge on any atom is 0.232 e. The minimum atomic E-state index is -2.10. The van der Waals surface area contributed by atoms with Crippen LogP contribution in [0.25, 0.3) is 0 Å². The van der Waals surface area contributed by atoms with Crippen molar-refractivity contribution in [2.75, 3.05) is 27.6 Å². The van der Waals surface area contributed by atoms with E-state index in [0.717, 1.165) is 0 Å². The third kappa shape index (κ3) is 4.17. The molecule has 6 atom stereocenters. The van der Waals surface area contributed by atoms with Crippen LogP contribution in [0.4, 0.5) is 0 Å². The Morgan fingerprint density at radius 3 is 2.43 bits per heavy atom. The van der Waals surface area contributed by atoms with Crippen molar-refractivity contribution in [1.82, 2.24) is 10.2 Å². The normalized spacial score (nSPS) is 28.9. The Balaban J connectivity index is 1.49. The lowest BCUT2D eigenvalue weighted by Gasteiger charge is -2.45. The predicted molar refractivity (Wildman–Crippen MR) is 165 cm³/mol. The molecule has 0 spiro atoms. The molecular weight excluding hydrogens is 592 g/mol. The topological polar surface area (TPSA) is 136 Å². The summed E-state index contributed by atoms with van der Waals surface area (Å²) in [4.78, 5) is 29.7. The summed E-state index contributed by atoms with van der Waals surface area (Å²) in [6, 6.07) is 17.7. The molecule has 46 heavy (non-hydrogen) atoms. The van der Waals surface area contributed by atoms with Crippen molar-refractivity contribution in [2.45, 2.75) is 56.1 Å². The van der Waals surface area contributed by atoms with E-state index in [4.69, 9.17) is 23.7 Å². The predicted octanol–water partition coefficient (Wildman–Crippen LogP) is 3.40. The molecule has 1 saturated heterocycles. The van der Waals surface area contributed by atoms with E-state index in [2.05, 4.69) is 5.32 Å². The highest BCUT2D eigenvalue weighted by molar-refractivity contribution is 5.86. The minimum Gasteiger partial charge on any atom is -0.497 e. The van der Waals surface area contributed by atoms with Gasteiger partial charge in [0.1, 0.15) is 29.4 Å². The summed E-state index contributed by atoms with van der Waals surface area (Å²) >= 11 is 0. The number of hydrogen-bond donors (Lipinski definition) is 3. The van der Waals surface area contributed by atoms with Crippen LogP contribution in [-0.2, 0) is 20.8 Å². The molecule has 2 bridgehead atoms. The number of likely N-dealkylation sites (tertiary alicyclic amines) is 1. The number of amides is 2. The van der Waals surface area contributed by atoms with Crippen LogP contribution in [-0.4, -0.2) is 66.8 Å². The second kappa shape index (κ2) is 11.1. The molecule has 0 aromatic heterocycles. The Bertz CT molecular complexity index is 1660. The van der Waals surface area contributed by atoms with Gasteiger partial charge in [-0.05, 0) is 36.1 Å². The summed E-state index contributed by atoms with van der Waals surface area (Å²) in [6.07, 6.45) is -0.955. The molecule has 3 aliphatic heterocycles. The molecule has 2 fully saturated rings. The minimum absolute atomic E-state index is 0.0547. The molecule has 3 N–H and O–H groups in total. The van der Waals surface area contributed by atoms with Gasteiger partial charge in [0.2, 0.25) is 24.4 Å². The van der Waals surface area contributed by atoms with E-state index in [1.807, 2.05) is 30.3 Å². The third-order valence-electron chi connectivity index (χ3n) is 9.89. The van der Waals surface area contributed by atoms with Crippen molar-refractivity contribution >= 4 is 11.8 Å². The van der Waals surface area contributed by atoms with E-state index in [9.17, 15) is 15.0 Å². The summed E-state index contributed by atoms with van der Waals surface area (Å²) in [6.45, 7) is 3.94. The number of benzene rings is 3. The van der Waals surface area contributed by atoms with E-state index >= 15 is 4.79 Å². The first kappa shape index (κ1) is 30.2. The molecule has 0 radical (unpaired) electrons. The van der Waals surface area contributed by atoms with Crippen LogP contribution in [0.1, 0.15) is 49.3 Å². The number of hydrogen-bond acceptors (Lipinski definition) is 9. The van der Waals surface area contributed by atoms with Gasteiger partial charge in [-0.25, -0.2) is 0 Å². The van der Waals surface area contributed by atoms with Crippen LogP contribution in [0, 0.1) is 11.8 Å². The Labute approximate surface area is 267 Å². The summed E-state index contributed by atoms with van der Waals surface area (Å²) in [7, 11) is 3.00. The molecule has 2 amide bonds. The Morgan fingerprint density at radius 1 is 1.02 bits per heavy atom. The van der Waals surface area contributed by atoms with Gasteiger partial charge in [0.25, 0.3) is 0 Å². The largest absolute Gasteiger partial charge is 0.497 e. The van der Waals surface area contributed by atoms with Gasteiger partial charge in [0.05, 0.1) is 25.7 Å². The smallest absolute Gasteiger partial charge is 0.232 e. The van der Waals surface area contributed by atoms with Crippen molar-refractivity contribution in [3.8, 4) is 28.7 Å². The molecule has 7 rings (SSSR count). The van der Waals surface area contributed by atoms with Gasteiger partial charge in [0, 0.05) is 24.4 Å². The molecule has 3 heterocycles. The molecule has 242 valence electrons. The number of carbonyl (C=O) groups excluding carboxylic acids is 2. The van der Waals surface area contributed by atoms with Crippen molar-refractivity contribution in [3.05, 3.63) is 77.4 Å². The lowest BCUT2D eigenvalue weighted by molar-refractivity contribution is -0.163. The summed E-state index contributed by atoms with van der Waals surface area (Å²) in [5.41, 5.74) is -2.61. The highest BCUT2D eigenvalue weighted by Crippen LogP contribution is 2.70. The zero-order valence-corrected chi connectivity index (χ0v) is 26.2. The summed E-state index contributed by atoms with van der Waals surface area (Å²) in [5.74, 6) is -1.41. The van der Waals surface area contributed by atoms with E-state index in [-0.39, 0.29) is 47.3 Å². The molecular formula is C35H38N2O9. The van der Waals surface area contributed by atoms with Crippen LogP contribution in [0.2, 0.25) is 0 Å². The van der Waals surface area contributed by atoms with Crippen LogP contribution < -0.4 is 29.0 Å². The monoisotopic (exact) mass is 630 g/mol. The van der Waals surface area contributed by atoms with Crippen LogP contribution in [0.3, 0.4) is 0 Å². The molecule has 6 unspecified atom stereocenters. The molecule has 1 saturated carbocycles. The first-order valence-electron chi connectivity index (χ1n) is 15.6. The van der Waals surface area contributed by atoms with Gasteiger partial charge >= 0.3 is 0 Å². The van der Waals surface area contributed by atoms with Gasteiger partial charge in [-0.1, -0.05) is 56.3 Å². The molecule has 3 aromatic rings. The van der Waals surface area contributed by atoms with Gasteiger partial charge in [-0.15, -0.1) is 0 Å². The van der Waals surface area contributed by atoms with Gasteiger partial charge in [0.15, 0.2) is 17.1 Å². The quantitative estimate of drug-likeness (QED) is 0.359. The average molecular weight is 631 g/mol. The average Bonchev–Trinajstić information content (AvgIpc) is 3.76. The Hall–Kier alpha value is -4.48. The first-order chi connectivity index (χ1) is 22.2. The molecule has 11 nitrogen and oxygen atoms in total. The lowest BCUT2D eigenvalue weighted by Crippen LogP contribution is -2.58. The fourth-order valence-electron chi connectivity index (χ4n) is 7.78. The Kier molecular flexibility index (Phi) is 7.28. The zero-order chi connectivity index (χ0) is 32.4. The first-order valence-corrected chi connectivity index (χ1v) is 15.6. The number of ether oxygens (including phenoxy) is 5. The number of nitrogens with one attached hydrogen (secondary N) is 1. The number of nitrogens with zero attached hydrogens (tertiary/aromatic N) is 1. The van der Waals surface area contributed by atoms with Crippen molar-refractivity contribution < 1.29 is 43.5 Å². The maximum absolute atomic E-state index is 15.2. The van der Waals surface area contributed by atoms with Crippen molar-refractivity contribution in [3.63, 3.8) is 0 Å². The van der Waals surface area contributed by atoms with Crippen molar-refractivity contribution in [2.24, 2.45) is 11.8 Å². The number of aliphatic hydroxyl groups excluding tert-OH is 1. The van der Waals surface area contributed by atoms with E-state index in [0.29, 0.717) is 42.0 Å². The van der Waals surface area contributed by atoms with Gasteiger partial charge < -0.3 is 44.1 Å². The number of methoxy groups -OCH3 is 2. The van der Waals surface area contributed by atoms with Crippen LogP contribution in [0.5, 0.6) is 28.7 Å². The molecule has 4 aliphatic rings. The highest BCUT2D eigenvalue weighted by Gasteiger charge is 2.77. The maximum atomic E-state index is 15.2. The van der Waals surface area contributed by atoms with E-state index in [1.165, 1.54) is 7.11 Å². The second-order valence-corrected chi connectivity index (χ2v) is 12.6. The van der Waals surface area contributed by atoms with Crippen LogP contribution >= 0.6 is 0 Å². The fraction of sp³-hybridized carbons (Fsp3) is 0.429. The van der Waals surface area contributed by atoms with Gasteiger partial charge in [-0.3, -0.25) is 9.59 Å². The zero-order valence-electron chi connectivity index (χ0n) is 26.2. The van der Waals surface area contributed by atoms with E-state index < -0.39 is 35.3 Å². The fourth-order valence-corrected chi connectivity index (χ4v) is 7.78. The van der Waals surface area contributed by atoms with Crippen LogP contribution in [0.15, 0.2) is 60.7 Å². The van der Waals surface area contributed by atoms with Gasteiger partial charge in [-0.2, -0.15) is 0 Å². The number of fused-ring (bicyclic) bond motifs is 5. The third-order valence-corrected chi connectivity index (χ3v) is 9.89. The highest BCUT2D eigenvalue weighted by atomic mass is 16.7. The molecule has 1 aliphatic carbocycles. The summed E-state index contributed by atoms with van der Waals surface area (Å²) in [5, 5.41) is 28.8. The number of carbonyl (C=O) groups is 2. The van der Waals surface area contributed by atoms with Crippen molar-refractivity contribution in [1.29, 1.82) is 0 Å². The number of aliphatic hydroxyl groups is 2. The Morgan fingerprint density at radius 2 is 1.76 bits per heavy atom. The standard InChI is InChI=1S/C35H38N2O9/c1-19(2)31(38)36-25-11-8-16-37(25)32(39)28-26(20-9-6-5-7-10-20)34(41)27-23(17-24-29(30(27)43-4)45-18-44-24)46-35(28,33(34)40)21-12-14-22(42-3)15-13-21/h5-7,9-10,12-15,17,19,25-26,28,33,40-41H,8,11,16,18H2,1-4H3,(H,36,38).